The molecule has 5 nitrogen and oxygen atoms in total. The van der Waals surface area contributed by atoms with Crippen LogP contribution in [0.2, 0.25) is 0 Å². The van der Waals surface area contributed by atoms with E-state index in [0.29, 0.717) is 6.04 Å². The number of hydrogen-bond donors (Lipinski definition) is 3. The number of hydrogen-bond acceptors (Lipinski definition) is 2. The Morgan fingerprint density at radius 1 is 1.20 bits per heavy atom. The first-order valence-corrected chi connectivity index (χ1v) is 6.98. The number of imidazole rings is 1. The average molecular weight is 270 g/mol. The predicted octanol–water partition coefficient (Wildman–Crippen LogP) is 3.14. The second kappa shape index (κ2) is 5.77. The minimum absolute atomic E-state index is 0.123. The lowest BCUT2D eigenvalue weighted by molar-refractivity contribution is 0.248. The van der Waals surface area contributed by atoms with Crippen LogP contribution in [0.25, 0.3) is 11.4 Å². The highest BCUT2D eigenvalue weighted by molar-refractivity contribution is 5.89. The minimum Gasteiger partial charge on any atom is -0.345 e. The molecular formula is C15H18N4O. The second-order valence-electron chi connectivity index (χ2n) is 5.09. The maximum Gasteiger partial charge on any atom is 0.319 e. The van der Waals surface area contributed by atoms with Crippen LogP contribution in [0.5, 0.6) is 0 Å². The highest BCUT2D eigenvalue weighted by Gasteiger charge is 2.16. The summed E-state index contributed by atoms with van der Waals surface area (Å²) in [4.78, 5) is 19.1. The first-order chi connectivity index (χ1) is 9.81. The zero-order chi connectivity index (χ0) is 13.8. The summed E-state index contributed by atoms with van der Waals surface area (Å²) in [6.07, 6.45) is 8.11. The highest BCUT2D eigenvalue weighted by atomic mass is 16.2. The number of anilines is 1. The van der Waals surface area contributed by atoms with Crippen LogP contribution in [0.15, 0.2) is 36.7 Å². The predicted molar refractivity (Wildman–Crippen MR) is 78.4 cm³/mol. The molecule has 1 aliphatic rings. The number of aromatic amines is 1. The van der Waals surface area contributed by atoms with E-state index >= 15 is 0 Å². The van der Waals surface area contributed by atoms with Gasteiger partial charge >= 0.3 is 6.03 Å². The molecule has 1 saturated carbocycles. The van der Waals surface area contributed by atoms with E-state index in [1.165, 1.54) is 12.8 Å². The highest BCUT2D eigenvalue weighted by Crippen LogP contribution is 2.19. The largest absolute Gasteiger partial charge is 0.345 e. The number of carbonyl (C=O) groups excluding carboxylic acids is 1. The van der Waals surface area contributed by atoms with Crippen LogP contribution in [-0.2, 0) is 0 Å². The summed E-state index contributed by atoms with van der Waals surface area (Å²) in [6.45, 7) is 0. The number of benzene rings is 1. The smallest absolute Gasteiger partial charge is 0.319 e. The Hall–Kier alpha value is -2.30. The van der Waals surface area contributed by atoms with Crippen LogP contribution in [0.1, 0.15) is 25.7 Å². The van der Waals surface area contributed by atoms with Gasteiger partial charge in [0.1, 0.15) is 5.82 Å². The van der Waals surface area contributed by atoms with Crippen molar-refractivity contribution in [1.29, 1.82) is 0 Å². The molecule has 0 radical (unpaired) electrons. The van der Waals surface area contributed by atoms with E-state index in [4.69, 9.17) is 0 Å². The topological polar surface area (TPSA) is 69.8 Å². The number of aromatic nitrogens is 2. The van der Waals surface area contributed by atoms with Crippen molar-refractivity contribution in [2.24, 2.45) is 0 Å². The van der Waals surface area contributed by atoms with Crippen LogP contribution < -0.4 is 10.6 Å². The van der Waals surface area contributed by atoms with E-state index in [-0.39, 0.29) is 6.03 Å². The molecular weight excluding hydrogens is 252 g/mol. The Kier molecular flexibility index (Phi) is 3.67. The molecule has 5 heteroatoms. The summed E-state index contributed by atoms with van der Waals surface area (Å²) in [5, 5.41) is 5.86. The van der Waals surface area contributed by atoms with Crippen molar-refractivity contribution in [3.05, 3.63) is 36.7 Å². The van der Waals surface area contributed by atoms with Gasteiger partial charge < -0.3 is 15.6 Å². The molecule has 1 heterocycles. The third kappa shape index (κ3) is 2.99. The van der Waals surface area contributed by atoms with E-state index < -0.39 is 0 Å². The molecule has 0 aliphatic heterocycles. The first kappa shape index (κ1) is 12.7. The third-order valence-corrected chi connectivity index (χ3v) is 3.60. The van der Waals surface area contributed by atoms with Crippen molar-refractivity contribution in [1.82, 2.24) is 15.3 Å². The second-order valence-corrected chi connectivity index (χ2v) is 5.09. The summed E-state index contributed by atoms with van der Waals surface area (Å²) in [7, 11) is 0. The van der Waals surface area contributed by atoms with Gasteiger partial charge in [-0.25, -0.2) is 9.78 Å². The Morgan fingerprint density at radius 2 is 1.95 bits per heavy atom. The maximum atomic E-state index is 11.8. The molecule has 1 fully saturated rings. The van der Waals surface area contributed by atoms with Gasteiger partial charge in [0.05, 0.1) is 0 Å². The van der Waals surface area contributed by atoms with E-state index in [1.807, 2.05) is 24.3 Å². The van der Waals surface area contributed by atoms with Gasteiger partial charge in [0.15, 0.2) is 0 Å². The molecule has 1 aliphatic carbocycles. The fourth-order valence-electron chi connectivity index (χ4n) is 2.56. The van der Waals surface area contributed by atoms with E-state index in [9.17, 15) is 4.79 Å². The molecule has 3 rings (SSSR count). The summed E-state index contributed by atoms with van der Waals surface area (Å²) in [5.74, 6) is 0.826. The summed E-state index contributed by atoms with van der Waals surface area (Å²) >= 11 is 0. The molecule has 0 unspecified atom stereocenters. The molecule has 104 valence electrons. The maximum absolute atomic E-state index is 11.8. The molecule has 20 heavy (non-hydrogen) atoms. The van der Waals surface area contributed by atoms with Crippen LogP contribution in [0.3, 0.4) is 0 Å². The van der Waals surface area contributed by atoms with Crippen molar-refractivity contribution >= 4 is 11.7 Å². The van der Waals surface area contributed by atoms with Gasteiger partial charge in [-0.3, -0.25) is 0 Å². The van der Waals surface area contributed by atoms with Gasteiger partial charge in [0.25, 0.3) is 0 Å². The lowest BCUT2D eigenvalue weighted by Gasteiger charge is -2.13. The number of H-pyrrole nitrogens is 1. The van der Waals surface area contributed by atoms with Crippen molar-refractivity contribution in [3.8, 4) is 11.4 Å². The van der Waals surface area contributed by atoms with Crippen LogP contribution in [0, 0.1) is 0 Å². The van der Waals surface area contributed by atoms with E-state index in [2.05, 4.69) is 20.6 Å². The molecule has 0 saturated heterocycles. The average Bonchev–Trinajstić information content (AvgIpc) is 3.12. The quantitative estimate of drug-likeness (QED) is 0.802. The molecule has 0 atom stereocenters. The Labute approximate surface area is 117 Å². The molecule has 2 amide bonds. The van der Waals surface area contributed by atoms with Crippen molar-refractivity contribution in [2.45, 2.75) is 31.7 Å². The van der Waals surface area contributed by atoms with Gasteiger partial charge in [0.2, 0.25) is 0 Å². The number of nitrogens with zero attached hydrogens (tertiary/aromatic N) is 1. The monoisotopic (exact) mass is 270 g/mol. The van der Waals surface area contributed by atoms with Crippen LogP contribution in [-0.4, -0.2) is 22.0 Å². The summed E-state index contributed by atoms with van der Waals surface area (Å²) in [6, 6.07) is 7.84. The lowest BCUT2D eigenvalue weighted by Crippen LogP contribution is -2.36. The number of nitrogens with one attached hydrogen (secondary N) is 3. The lowest BCUT2D eigenvalue weighted by atomic mass is 10.2. The Bertz CT molecular complexity index is 556. The molecule has 1 aromatic heterocycles. The third-order valence-electron chi connectivity index (χ3n) is 3.60. The van der Waals surface area contributed by atoms with E-state index in [1.54, 1.807) is 12.4 Å². The van der Waals surface area contributed by atoms with Gasteiger partial charge in [-0.2, -0.15) is 0 Å². The Balaban J connectivity index is 1.59. The summed E-state index contributed by atoms with van der Waals surface area (Å²) in [5.41, 5.74) is 1.78. The van der Waals surface area contributed by atoms with E-state index in [0.717, 1.165) is 29.9 Å². The van der Waals surface area contributed by atoms with Crippen LogP contribution >= 0.6 is 0 Å². The number of amides is 2. The molecule has 3 N–H and O–H groups in total. The molecule has 0 bridgehead atoms. The van der Waals surface area contributed by atoms with Crippen molar-refractivity contribution in [2.75, 3.05) is 5.32 Å². The first-order valence-electron chi connectivity index (χ1n) is 6.98. The molecule has 1 aromatic carbocycles. The fourth-order valence-corrected chi connectivity index (χ4v) is 2.56. The van der Waals surface area contributed by atoms with Gasteiger partial charge in [-0.15, -0.1) is 0 Å². The van der Waals surface area contributed by atoms with Gasteiger partial charge in [0, 0.05) is 29.7 Å². The number of urea groups is 1. The number of rotatable bonds is 3. The number of carbonyl (C=O) groups is 1. The zero-order valence-electron chi connectivity index (χ0n) is 11.2. The molecule has 2 aromatic rings. The molecule has 0 spiro atoms. The fraction of sp³-hybridized carbons (Fsp3) is 0.333. The Morgan fingerprint density at radius 3 is 2.60 bits per heavy atom. The standard InChI is InChI=1S/C15H18N4O/c20-15(18-12-3-1-2-4-12)19-13-7-5-11(6-8-13)14-16-9-10-17-14/h5-10,12H,1-4H2,(H,16,17)(H2,18,19,20). The van der Waals surface area contributed by atoms with Crippen LogP contribution in [0.4, 0.5) is 10.5 Å². The minimum atomic E-state index is -0.123. The van der Waals surface area contributed by atoms with Crippen molar-refractivity contribution < 1.29 is 4.79 Å². The summed E-state index contributed by atoms with van der Waals surface area (Å²) < 4.78 is 0. The SMILES string of the molecule is O=C(Nc1ccc(-c2ncc[nH]2)cc1)NC1CCCC1. The van der Waals surface area contributed by atoms with Gasteiger partial charge in [-0.1, -0.05) is 12.8 Å². The van der Waals surface area contributed by atoms with Gasteiger partial charge in [-0.05, 0) is 37.1 Å². The van der Waals surface area contributed by atoms with Crippen molar-refractivity contribution in [3.63, 3.8) is 0 Å². The zero-order valence-corrected chi connectivity index (χ0v) is 11.2. The normalized spacial score (nSPS) is 15.2.